The molecule has 0 unspecified atom stereocenters. The number of rotatable bonds is 6. The van der Waals surface area contributed by atoms with Crippen molar-refractivity contribution in [3.63, 3.8) is 0 Å². The monoisotopic (exact) mass is 480 g/mol. The Morgan fingerprint density at radius 3 is 2.31 bits per heavy atom. The molecular weight excluding hydrogens is 448 g/mol. The summed E-state index contributed by atoms with van der Waals surface area (Å²) in [6.45, 7) is 8.12. The highest BCUT2D eigenvalue weighted by Gasteiger charge is 2.27. The zero-order valence-electron chi connectivity index (χ0n) is 21.1. The van der Waals surface area contributed by atoms with Crippen LogP contribution in [0.5, 0.6) is 5.75 Å². The first-order valence-corrected chi connectivity index (χ1v) is 12.4. The van der Waals surface area contributed by atoms with Crippen molar-refractivity contribution in [2.24, 2.45) is 0 Å². The van der Waals surface area contributed by atoms with Gasteiger partial charge in [-0.05, 0) is 66.9 Å². The van der Waals surface area contributed by atoms with Crippen LogP contribution in [-0.2, 0) is 6.54 Å². The van der Waals surface area contributed by atoms with E-state index >= 15 is 0 Å². The number of ether oxygens (including phenoxy) is 1. The topological polar surface area (TPSA) is 50.6 Å². The zero-order chi connectivity index (χ0) is 25.1. The molecule has 0 atom stereocenters. The van der Waals surface area contributed by atoms with Gasteiger partial charge in [-0.1, -0.05) is 42.5 Å². The maximum absolute atomic E-state index is 13.8. The van der Waals surface area contributed by atoms with Crippen LogP contribution in [0.1, 0.15) is 27.2 Å². The van der Waals surface area contributed by atoms with Crippen molar-refractivity contribution in [2.45, 2.75) is 20.4 Å². The summed E-state index contributed by atoms with van der Waals surface area (Å²) in [7, 11) is 1.65. The molecule has 184 valence electrons. The molecule has 6 heteroatoms. The van der Waals surface area contributed by atoms with Gasteiger partial charge in [0.05, 0.1) is 18.5 Å². The molecule has 1 aliphatic heterocycles. The molecule has 0 saturated carbocycles. The lowest BCUT2D eigenvalue weighted by atomic mass is 10.1. The molecule has 0 spiro atoms. The minimum Gasteiger partial charge on any atom is -0.497 e. The van der Waals surface area contributed by atoms with E-state index in [-0.39, 0.29) is 5.91 Å². The Kier molecular flexibility index (Phi) is 6.87. The van der Waals surface area contributed by atoms with Crippen molar-refractivity contribution in [1.29, 1.82) is 0 Å². The molecule has 1 amide bonds. The van der Waals surface area contributed by atoms with E-state index in [1.807, 2.05) is 46.0 Å². The fourth-order valence-electron chi connectivity index (χ4n) is 4.68. The molecule has 0 N–H and O–H groups in total. The highest BCUT2D eigenvalue weighted by molar-refractivity contribution is 5.94. The van der Waals surface area contributed by atoms with E-state index in [0.29, 0.717) is 18.8 Å². The Morgan fingerprint density at radius 2 is 1.61 bits per heavy atom. The third-order valence-corrected chi connectivity index (χ3v) is 6.82. The normalized spacial score (nSPS) is 14.1. The molecule has 3 aromatic carbocycles. The van der Waals surface area contributed by atoms with Crippen LogP contribution in [0.2, 0.25) is 0 Å². The first-order chi connectivity index (χ1) is 17.5. The van der Waals surface area contributed by atoms with Crippen LogP contribution >= 0.6 is 0 Å². The summed E-state index contributed by atoms with van der Waals surface area (Å²) in [5.41, 5.74) is 6.74. The molecular formula is C30H32N4O2. The van der Waals surface area contributed by atoms with Gasteiger partial charge in [0.2, 0.25) is 0 Å². The van der Waals surface area contributed by atoms with Crippen molar-refractivity contribution in [3.05, 3.63) is 101 Å². The Hall–Kier alpha value is -3.90. The molecule has 1 aliphatic rings. The summed E-state index contributed by atoms with van der Waals surface area (Å²) in [5.74, 6) is 0.805. The number of carbonyl (C=O) groups is 1. The number of benzene rings is 3. The zero-order valence-corrected chi connectivity index (χ0v) is 21.1. The number of hydrogen-bond acceptors (Lipinski definition) is 4. The molecule has 1 fully saturated rings. The second kappa shape index (κ2) is 10.4. The average Bonchev–Trinajstić information content (AvgIpc) is 3.36. The van der Waals surface area contributed by atoms with Gasteiger partial charge in [-0.15, -0.1) is 0 Å². The summed E-state index contributed by atoms with van der Waals surface area (Å²) < 4.78 is 7.13. The lowest BCUT2D eigenvalue weighted by Crippen LogP contribution is -2.48. The molecule has 6 nitrogen and oxygen atoms in total. The maximum Gasteiger partial charge on any atom is 0.272 e. The highest BCUT2D eigenvalue weighted by Crippen LogP contribution is 2.27. The smallest absolute Gasteiger partial charge is 0.272 e. The minimum atomic E-state index is 0.0162. The van der Waals surface area contributed by atoms with Crippen LogP contribution in [0.25, 0.3) is 16.9 Å². The van der Waals surface area contributed by atoms with Gasteiger partial charge < -0.3 is 9.64 Å². The summed E-state index contributed by atoms with van der Waals surface area (Å²) in [5, 5.41) is 4.91. The lowest BCUT2D eigenvalue weighted by molar-refractivity contribution is 0.0619. The van der Waals surface area contributed by atoms with E-state index in [1.54, 1.807) is 7.11 Å². The van der Waals surface area contributed by atoms with Crippen molar-refractivity contribution in [1.82, 2.24) is 19.6 Å². The number of nitrogens with zero attached hydrogens (tertiary/aromatic N) is 4. The second-order valence-corrected chi connectivity index (χ2v) is 9.40. The number of hydrogen-bond donors (Lipinski definition) is 0. The van der Waals surface area contributed by atoms with Crippen LogP contribution in [-0.4, -0.2) is 58.8 Å². The first kappa shape index (κ1) is 23.8. The number of amides is 1. The van der Waals surface area contributed by atoms with Crippen molar-refractivity contribution in [3.8, 4) is 22.7 Å². The first-order valence-electron chi connectivity index (χ1n) is 12.4. The van der Waals surface area contributed by atoms with Gasteiger partial charge >= 0.3 is 0 Å². The third kappa shape index (κ3) is 5.04. The van der Waals surface area contributed by atoms with Crippen LogP contribution in [0.3, 0.4) is 0 Å². The fraction of sp³-hybridized carbons (Fsp3) is 0.267. The molecule has 1 saturated heterocycles. The van der Waals surface area contributed by atoms with Gasteiger partial charge in [-0.25, -0.2) is 4.68 Å². The Bertz CT molecular complexity index is 1340. The molecule has 0 radical (unpaired) electrons. The average molecular weight is 481 g/mol. The predicted octanol–water partition coefficient (Wildman–Crippen LogP) is 5.12. The number of aryl methyl sites for hydroxylation is 2. The van der Waals surface area contributed by atoms with E-state index in [2.05, 4.69) is 61.2 Å². The van der Waals surface area contributed by atoms with E-state index in [0.717, 1.165) is 53.5 Å². The number of piperazine rings is 1. The van der Waals surface area contributed by atoms with Crippen molar-refractivity contribution >= 4 is 5.91 Å². The van der Waals surface area contributed by atoms with Gasteiger partial charge in [-0.2, -0.15) is 5.10 Å². The van der Waals surface area contributed by atoms with Crippen LogP contribution < -0.4 is 4.74 Å². The van der Waals surface area contributed by atoms with Crippen LogP contribution in [0, 0.1) is 13.8 Å². The summed E-state index contributed by atoms with van der Waals surface area (Å²) in [4.78, 5) is 18.2. The molecule has 5 rings (SSSR count). The number of carbonyl (C=O) groups excluding carboxylic acids is 1. The van der Waals surface area contributed by atoms with E-state index in [9.17, 15) is 4.79 Å². The Labute approximate surface area is 212 Å². The van der Waals surface area contributed by atoms with Gasteiger partial charge in [-0.3, -0.25) is 9.69 Å². The largest absolute Gasteiger partial charge is 0.497 e. The standard InChI is InChI=1S/C30H32N4O2/c1-22-9-10-23(2)28(19-22)34-29(20-27(31-34)25-11-13-26(36-3)14-12-25)30(35)33-17-15-32(16-18-33)21-24-7-5-4-6-8-24/h4-14,19-20H,15-18,21H2,1-3H3. The van der Waals surface area contributed by atoms with Crippen molar-refractivity contribution < 1.29 is 9.53 Å². The molecule has 36 heavy (non-hydrogen) atoms. The predicted molar refractivity (Wildman–Crippen MR) is 143 cm³/mol. The number of aromatic nitrogens is 2. The van der Waals surface area contributed by atoms with Crippen LogP contribution in [0.4, 0.5) is 0 Å². The van der Waals surface area contributed by atoms with Gasteiger partial charge in [0, 0.05) is 38.3 Å². The molecule has 1 aromatic heterocycles. The molecule has 2 heterocycles. The van der Waals surface area contributed by atoms with E-state index in [1.165, 1.54) is 5.56 Å². The molecule has 0 aliphatic carbocycles. The van der Waals surface area contributed by atoms with Gasteiger partial charge in [0.25, 0.3) is 5.91 Å². The van der Waals surface area contributed by atoms with Gasteiger partial charge in [0.1, 0.15) is 11.4 Å². The SMILES string of the molecule is COc1ccc(-c2cc(C(=O)N3CCN(Cc4ccccc4)CC3)n(-c3cc(C)ccc3C)n2)cc1. The minimum absolute atomic E-state index is 0.0162. The highest BCUT2D eigenvalue weighted by atomic mass is 16.5. The lowest BCUT2D eigenvalue weighted by Gasteiger charge is -2.34. The van der Waals surface area contributed by atoms with Crippen LogP contribution in [0.15, 0.2) is 78.9 Å². The molecule has 4 aromatic rings. The maximum atomic E-state index is 13.8. The summed E-state index contributed by atoms with van der Waals surface area (Å²) >= 11 is 0. The van der Waals surface area contributed by atoms with Crippen molar-refractivity contribution in [2.75, 3.05) is 33.3 Å². The quantitative estimate of drug-likeness (QED) is 0.384. The Morgan fingerprint density at radius 1 is 0.889 bits per heavy atom. The van der Waals surface area contributed by atoms with E-state index < -0.39 is 0 Å². The fourth-order valence-corrected chi connectivity index (χ4v) is 4.68. The summed E-state index contributed by atoms with van der Waals surface area (Å²) in [6, 6.07) is 26.5. The summed E-state index contributed by atoms with van der Waals surface area (Å²) in [6.07, 6.45) is 0. The van der Waals surface area contributed by atoms with E-state index in [4.69, 9.17) is 9.84 Å². The third-order valence-electron chi connectivity index (χ3n) is 6.82. The Balaban J connectivity index is 1.42. The number of methoxy groups -OCH3 is 1. The molecule has 0 bridgehead atoms. The second-order valence-electron chi connectivity index (χ2n) is 9.40. The van der Waals surface area contributed by atoms with Gasteiger partial charge in [0.15, 0.2) is 0 Å².